The fourth-order valence-electron chi connectivity index (χ4n) is 1.92. The Hall–Kier alpha value is -2.24. The maximum Gasteiger partial charge on any atom is 0.417 e. The summed E-state index contributed by atoms with van der Waals surface area (Å²) in [6.45, 7) is 0.190. The van der Waals surface area contributed by atoms with E-state index in [0.717, 1.165) is 28.5 Å². The molecule has 0 fully saturated rings. The Bertz CT molecular complexity index is 660. The number of benzene rings is 1. The van der Waals surface area contributed by atoms with Crippen molar-refractivity contribution in [3.8, 4) is 5.75 Å². The zero-order valence-electron chi connectivity index (χ0n) is 11.4. The summed E-state index contributed by atoms with van der Waals surface area (Å²) in [5.41, 5.74) is -0.353. The first-order chi connectivity index (χ1) is 9.90. The first-order valence-electron chi connectivity index (χ1n) is 6.31. The monoisotopic (exact) mass is 297 g/mol. The number of halogens is 3. The Balaban J connectivity index is 2.13. The fraction of sp³-hybridized carbons (Fsp3) is 0.267. The molecule has 2 rings (SSSR count). The lowest BCUT2D eigenvalue weighted by atomic mass is 10.1. The second-order valence-electron chi connectivity index (χ2n) is 4.55. The van der Waals surface area contributed by atoms with E-state index in [-0.39, 0.29) is 6.54 Å². The average Bonchev–Trinajstić information content (AvgIpc) is 2.45. The number of hydrogen-bond acceptors (Lipinski definition) is 2. The molecule has 1 aromatic carbocycles. The molecule has 2 aromatic rings. The minimum atomic E-state index is -4.45. The lowest BCUT2D eigenvalue weighted by molar-refractivity contribution is -0.138. The van der Waals surface area contributed by atoms with Crippen LogP contribution in [0.5, 0.6) is 5.75 Å². The van der Waals surface area contributed by atoms with Crippen LogP contribution in [0, 0.1) is 0 Å². The van der Waals surface area contributed by atoms with Crippen molar-refractivity contribution in [3.63, 3.8) is 0 Å². The van der Waals surface area contributed by atoms with Crippen LogP contribution in [0.4, 0.5) is 13.2 Å². The van der Waals surface area contributed by atoms with Gasteiger partial charge in [0.2, 0.25) is 0 Å². The summed E-state index contributed by atoms with van der Waals surface area (Å²) in [6.07, 6.45) is -3.13. The zero-order valence-corrected chi connectivity index (χ0v) is 11.4. The molecule has 0 aliphatic heterocycles. The molecule has 0 amide bonds. The highest BCUT2D eigenvalue weighted by atomic mass is 19.4. The van der Waals surface area contributed by atoms with E-state index in [4.69, 9.17) is 4.74 Å². The molecule has 0 radical (unpaired) electrons. The predicted molar refractivity (Wildman–Crippen MR) is 72.4 cm³/mol. The number of aromatic nitrogens is 1. The second-order valence-corrected chi connectivity index (χ2v) is 4.55. The van der Waals surface area contributed by atoms with Crippen LogP contribution in [-0.2, 0) is 19.1 Å². The van der Waals surface area contributed by atoms with Gasteiger partial charge in [-0.2, -0.15) is 13.2 Å². The van der Waals surface area contributed by atoms with Gasteiger partial charge in [-0.3, -0.25) is 4.79 Å². The molecule has 1 aromatic heterocycles. The maximum absolute atomic E-state index is 12.6. The van der Waals surface area contributed by atoms with Crippen molar-refractivity contribution in [2.24, 2.45) is 0 Å². The molecule has 1 heterocycles. The minimum Gasteiger partial charge on any atom is -0.497 e. The van der Waals surface area contributed by atoms with Gasteiger partial charge in [-0.05, 0) is 30.2 Å². The van der Waals surface area contributed by atoms with E-state index in [1.807, 2.05) is 12.1 Å². The number of pyridine rings is 1. The first kappa shape index (κ1) is 15.2. The summed E-state index contributed by atoms with van der Waals surface area (Å²) in [4.78, 5) is 11.6. The molecule has 0 saturated heterocycles. The van der Waals surface area contributed by atoms with Gasteiger partial charge in [-0.1, -0.05) is 12.1 Å². The lowest BCUT2D eigenvalue weighted by Crippen LogP contribution is -2.22. The molecule has 21 heavy (non-hydrogen) atoms. The third-order valence-electron chi connectivity index (χ3n) is 3.11. The topological polar surface area (TPSA) is 31.2 Å². The normalized spacial score (nSPS) is 11.4. The van der Waals surface area contributed by atoms with Crippen LogP contribution >= 0.6 is 0 Å². The molecular formula is C15H14F3NO2. The SMILES string of the molecule is COc1ccc(CCn2cc(C(F)(F)F)ccc2=O)cc1. The summed E-state index contributed by atoms with van der Waals surface area (Å²) in [7, 11) is 1.55. The Labute approximate surface area is 119 Å². The zero-order chi connectivity index (χ0) is 15.5. The molecule has 0 bridgehead atoms. The molecule has 0 aliphatic rings. The lowest BCUT2D eigenvalue weighted by Gasteiger charge is -2.11. The number of nitrogens with zero attached hydrogens (tertiary/aromatic N) is 1. The van der Waals surface area contributed by atoms with Gasteiger partial charge in [0.1, 0.15) is 5.75 Å². The van der Waals surface area contributed by atoms with Gasteiger partial charge < -0.3 is 9.30 Å². The van der Waals surface area contributed by atoms with E-state index in [0.29, 0.717) is 12.2 Å². The molecule has 0 saturated carbocycles. The van der Waals surface area contributed by atoms with Gasteiger partial charge in [-0.15, -0.1) is 0 Å². The highest BCUT2D eigenvalue weighted by Crippen LogP contribution is 2.28. The van der Waals surface area contributed by atoms with Crippen LogP contribution in [0.1, 0.15) is 11.1 Å². The molecule has 0 aliphatic carbocycles. The van der Waals surface area contributed by atoms with Gasteiger partial charge in [0.05, 0.1) is 12.7 Å². The highest BCUT2D eigenvalue weighted by molar-refractivity contribution is 5.27. The van der Waals surface area contributed by atoms with Crippen LogP contribution in [0.2, 0.25) is 0 Å². The van der Waals surface area contributed by atoms with E-state index in [9.17, 15) is 18.0 Å². The van der Waals surface area contributed by atoms with E-state index in [1.54, 1.807) is 19.2 Å². The smallest absolute Gasteiger partial charge is 0.417 e. The Morgan fingerprint density at radius 3 is 2.33 bits per heavy atom. The second kappa shape index (κ2) is 6.03. The van der Waals surface area contributed by atoms with Crippen LogP contribution in [0.25, 0.3) is 0 Å². The quantitative estimate of drug-likeness (QED) is 0.868. The summed E-state index contributed by atoms with van der Waals surface area (Å²) in [5, 5.41) is 0. The molecule has 3 nitrogen and oxygen atoms in total. The number of rotatable bonds is 4. The van der Waals surface area contributed by atoms with Crippen molar-refractivity contribution in [2.45, 2.75) is 19.1 Å². The van der Waals surface area contributed by atoms with Crippen molar-refractivity contribution in [2.75, 3.05) is 7.11 Å². The van der Waals surface area contributed by atoms with Gasteiger partial charge in [0, 0.05) is 18.8 Å². The summed E-state index contributed by atoms with van der Waals surface area (Å²) in [6, 6.07) is 8.91. The largest absolute Gasteiger partial charge is 0.497 e. The van der Waals surface area contributed by atoms with Gasteiger partial charge in [0.15, 0.2) is 0 Å². The average molecular weight is 297 g/mol. The number of alkyl halides is 3. The predicted octanol–water partition coefficient (Wildman–Crippen LogP) is 3.12. The minimum absolute atomic E-state index is 0.190. The molecule has 0 spiro atoms. The third kappa shape index (κ3) is 3.87. The first-order valence-corrected chi connectivity index (χ1v) is 6.31. The maximum atomic E-state index is 12.6. The van der Waals surface area contributed by atoms with Crippen molar-refractivity contribution < 1.29 is 17.9 Å². The molecular weight excluding hydrogens is 283 g/mol. The van der Waals surface area contributed by atoms with Crippen LogP contribution < -0.4 is 10.3 Å². The fourth-order valence-corrected chi connectivity index (χ4v) is 1.92. The third-order valence-corrected chi connectivity index (χ3v) is 3.11. The number of methoxy groups -OCH3 is 1. The van der Waals surface area contributed by atoms with Crippen LogP contribution in [0.15, 0.2) is 47.4 Å². The van der Waals surface area contributed by atoms with E-state index < -0.39 is 17.3 Å². The number of aryl methyl sites for hydroxylation is 2. The Kier molecular flexibility index (Phi) is 4.35. The van der Waals surface area contributed by atoms with Crippen molar-refractivity contribution in [1.29, 1.82) is 0 Å². The number of ether oxygens (including phenoxy) is 1. The highest BCUT2D eigenvalue weighted by Gasteiger charge is 2.30. The molecule has 0 atom stereocenters. The van der Waals surface area contributed by atoms with Gasteiger partial charge in [0.25, 0.3) is 5.56 Å². The van der Waals surface area contributed by atoms with E-state index >= 15 is 0 Å². The summed E-state index contributed by atoms with van der Waals surface area (Å²) in [5.74, 6) is 0.704. The molecule has 0 unspecified atom stereocenters. The summed E-state index contributed by atoms with van der Waals surface area (Å²) >= 11 is 0. The summed E-state index contributed by atoms with van der Waals surface area (Å²) < 4.78 is 44.0. The van der Waals surface area contributed by atoms with Gasteiger partial charge >= 0.3 is 6.18 Å². The Morgan fingerprint density at radius 1 is 1.10 bits per heavy atom. The molecule has 112 valence electrons. The van der Waals surface area contributed by atoms with E-state index in [1.165, 1.54) is 0 Å². The molecule has 6 heteroatoms. The van der Waals surface area contributed by atoms with Crippen molar-refractivity contribution in [3.05, 3.63) is 64.1 Å². The number of hydrogen-bond donors (Lipinski definition) is 0. The van der Waals surface area contributed by atoms with Crippen LogP contribution in [0.3, 0.4) is 0 Å². The van der Waals surface area contributed by atoms with Crippen molar-refractivity contribution >= 4 is 0 Å². The van der Waals surface area contributed by atoms with Crippen LogP contribution in [-0.4, -0.2) is 11.7 Å². The van der Waals surface area contributed by atoms with E-state index in [2.05, 4.69) is 0 Å². The van der Waals surface area contributed by atoms with Crippen molar-refractivity contribution in [1.82, 2.24) is 4.57 Å². The standard InChI is InChI=1S/C15H14F3NO2/c1-21-13-5-2-11(3-6-13)8-9-19-10-12(15(16,17)18)4-7-14(19)20/h2-7,10H,8-9H2,1H3. The van der Waals surface area contributed by atoms with Gasteiger partial charge in [-0.25, -0.2) is 0 Å². The Morgan fingerprint density at radius 2 is 1.76 bits per heavy atom. The molecule has 0 N–H and O–H groups in total.